The maximum absolute atomic E-state index is 12.6. The van der Waals surface area contributed by atoms with Crippen LogP contribution in [0.1, 0.15) is 42.3 Å². The second kappa shape index (κ2) is 7.65. The zero-order valence-electron chi connectivity index (χ0n) is 15.8. The van der Waals surface area contributed by atoms with Crippen molar-refractivity contribution in [3.05, 3.63) is 58.8 Å². The lowest BCUT2D eigenvalue weighted by molar-refractivity contribution is 0.101. The third-order valence-electron chi connectivity index (χ3n) is 4.66. The molecule has 2 aromatic rings. The molecule has 0 saturated heterocycles. The Balaban J connectivity index is 1.86. The second-order valence-electron chi connectivity index (χ2n) is 6.20. The molecule has 0 unspecified atom stereocenters. The van der Waals surface area contributed by atoms with Crippen LogP contribution < -0.4 is 14.4 Å². The molecular formula is C22H25NO3. The Kier molecular flexibility index (Phi) is 5.31. The van der Waals surface area contributed by atoms with Crippen molar-refractivity contribution in [3.63, 3.8) is 0 Å². The third-order valence-corrected chi connectivity index (χ3v) is 4.66. The van der Waals surface area contributed by atoms with E-state index in [1.54, 1.807) is 12.1 Å². The predicted octanol–water partition coefficient (Wildman–Crippen LogP) is 4.86. The van der Waals surface area contributed by atoms with Crippen molar-refractivity contribution >= 4 is 17.5 Å². The molecule has 0 fully saturated rings. The van der Waals surface area contributed by atoms with Crippen molar-refractivity contribution in [2.75, 3.05) is 24.6 Å². The van der Waals surface area contributed by atoms with E-state index >= 15 is 0 Å². The molecule has 4 heteroatoms. The SMILES string of the molecule is CCOc1ccc2c(c1C)O/C(=C\c1ccc(N(CC)CC)cc1)C2=O. The van der Waals surface area contributed by atoms with Crippen LogP contribution in [0.4, 0.5) is 5.69 Å². The van der Waals surface area contributed by atoms with Gasteiger partial charge in [-0.05, 0) is 63.6 Å². The summed E-state index contributed by atoms with van der Waals surface area (Å²) in [6.07, 6.45) is 1.80. The normalized spacial score (nSPS) is 14.3. The number of benzene rings is 2. The number of carbonyl (C=O) groups excluding carboxylic acids is 1. The average Bonchev–Trinajstić information content (AvgIpc) is 2.97. The first-order valence-corrected chi connectivity index (χ1v) is 9.14. The Bertz CT molecular complexity index is 833. The van der Waals surface area contributed by atoms with E-state index in [1.165, 1.54) is 5.69 Å². The van der Waals surface area contributed by atoms with Crippen LogP contribution in [0.5, 0.6) is 11.5 Å². The number of ether oxygens (including phenoxy) is 2. The zero-order valence-corrected chi connectivity index (χ0v) is 15.8. The van der Waals surface area contributed by atoms with Gasteiger partial charge in [0, 0.05) is 24.3 Å². The maximum Gasteiger partial charge on any atom is 0.231 e. The molecule has 0 radical (unpaired) electrons. The van der Waals surface area contributed by atoms with E-state index in [-0.39, 0.29) is 5.78 Å². The fraction of sp³-hybridized carbons (Fsp3) is 0.318. The van der Waals surface area contributed by atoms with Crippen molar-refractivity contribution in [2.24, 2.45) is 0 Å². The molecule has 0 saturated carbocycles. The van der Waals surface area contributed by atoms with Gasteiger partial charge < -0.3 is 14.4 Å². The topological polar surface area (TPSA) is 38.8 Å². The number of rotatable bonds is 6. The molecule has 3 rings (SSSR count). The highest BCUT2D eigenvalue weighted by atomic mass is 16.5. The average molecular weight is 351 g/mol. The molecule has 2 aromatic carbocycles. The lowest BCUT2D eigenvalue weighted by atomic mass is 10.1. The summed E-state index contributed by atoms with van der Waals surface area (Å²) in [4.78, 5) is 14.9. The summed E-state index contributed by atoms with van der Waals surface area (Å²) in [5.41, 5.74) is 3.57. The van der Waals surface area contributed by atoms with Crippen molar-refractivity contribution in [2.45, 2.75) is 27.7 Å². The number of nitrogens with zero attached hydrogens (tertiary/aromatic N) is 1. The molecule has 4 nitrogen and oxygen atoms in total. The third kappa shape index (κ3) is 3.32. The second-order valence-corrected chi connectivity index (χ2v) is 6.20. The molecule has 136 valence electrons. The van der Waals surface area contributed by atoms with Crippen molar-refractivity contribution < 1.29 is 14.3 Å². The molecule has 26 heavy (non-hydrogen) atoms. The van der Waals surface area contributed by atoms with Gasteiger partial charge in [-0.2, -0.15) is 0 Å². The van der Waals surface area contributed by atoms with Gasteiger partial charge in [0.05, 0.1) is 12.2 Å². The van der Waals surface area contributed by atoms with Crippen LogP contribution in [0.25, 0.3) is 6.08 Å². The Labute approximate surface area is 155 Å². The van der Waals surface area contributed by atoms with Gasteiger partial charge in [0.15, 0.2) is 5.76 Å². The number of hydrogen-bond donors (Lipinski definition) is 0. The number of Topliss-reactive ketones (excluding diaryl/α,β-unsaturated/α-hetero) is 1. The molecule has 1 heterocycles. The van der Waals surface area contributed by atoms with E-state index < -0.39 is 0 Å². The summed E-state index contributed by atoms with van der Waals surface area (Å²) >= 11 is 0. The number of ketones is 1. The van der Waals surface area contributed by atoms with Gasteiger partial charge >= 0.3 is 0 Å². The van der Waals surface area contributed by atoms with Crippen molar-refractivity contribution in [3.8, 4) is 11.5 Å². The van der Waals surface area contributed by atoms with E-state index in [2.05, 4.69) is 30.9 Å². The van der Waals surface area contributed by atoms with Crippen LogP contribution in [0.3, 0.4) is 0 Å². The van der Waals surface area contributed by atoms with Crippen molar-refractivity contribution in [1.82, 2.24) is 0 Å². The van der Waals surface area contributed by atoms with E-state index in [1.807, 2.05) is 32.0 Å². The van der Waals surface area contributed by atoms with Gasteiger partial charge in [-0.3, -0.25) is 4.79 Å². The van der Waals surface area contributed by atoms with E-state index in [0.717, 1.165) is 30.0 Å². The van der Waals surface area contributed by atoms with Crippen LogP contribution in [0.2, 0.25) is 0 Å². The fourth-order valence-corrected chi connectivity index (χ4v) is 3.20. The first-order chi connectivity index (χ1) is 12.6. The summed E-state index contributed by atoms with van der Waals surface area (Å²) in [6, 6.07) is 11.8. The molecule has 0 N–H and O–H groups in total. The number of carbonyl (C=O) groups is 1. The molecule has 1 aliphatic heterocycles. The molecular weight excluding hydrogens is 326 g/mol. The number of fused-ring (bicyclic) bond motifs is 1. The Hall–Kier alpha value is -2.75. The standard InChI is InChI=1S/C22H25NO3/c1-5-23(6-2)17-10-8-16(9-11-17)14-20-21(24)18-12-13-19(25-7-3)15(4)22(18)26-20/h8-14H,5-7H2,1-4H3/b20-14-. The summed E-state index contributed by atoms with van der Waals surface area (Å²) in [6.45, 7) is 10.6. The van der Waals surface area contributed by atoms with Crippen molar-refractivity contribution in [1.29, 1.82) is 0 Å². The minimum Gasteiger partial charge on any atom is -0.493 e. The van der Waals surface area contributed by atoms with Crippen LogP contribution in [0, 0.1) is 6.92 Å². The highest BCUT2D eigenvalue weighted by Crippen LogP contribution is 2.39. The monoisotopic (exact) mass is 351 g/mol. The number of anilines is 1. The predicted molar refractivity (Wildman–Crippen MR) is 105 cm³/mol. The smallest absolute Gasteiger partial charge is 0.231 e. The van der Waals surface area contributed by atoms with E-state index in [9.17, 15) is 4.79 Å². The maximum atomic E-state index is 12.6. The van der Waals surface area contributed by atoms with Gasteiger partial charge in [0.2, 0.25) is 5.78 Å². The molecule has 0 spiro atoms. The molecule has 0 atom stereocenters. The molecule has 0 aromatic heterocycles. The molecule has 0 aliphatic carbocycles. The largest absolute Gasteiger partial charge is 0.493 e. The zero-order chi connectivity index (χ0) is 18.7. The van der Waals surface area contributed by atoms with Crippen LogP contribution >= 0.6 is 0 Å². The first-order valence-electron chi connectivity index (χ1n) is 9.14. The fourth-order valence-electron chi connectivity index (χ4n) is 3.20. The highest BCUT2D eigenvalue weighted by molar-refractivity contribution is 6.15. The Morgan fingerprint density at radius 3 is 2.35 bits per heavy atom. The Morgan fingerprint density at radius 1 is 1.04 bits per heavy atom. The quantitative estimate of drug-likeness (QED) is 0.697. The summed E-state index contributed by atoms with van der Waals surface area (Å²) < 4.78 is 11.5. The van der Waals surface area contributed by atoms with E-state index in [0.29, 0.717) is 23.7 Å². The van der Waals surface area contributed by atoms with Crippen LogP contribution in [0.15, 0.2) is 42.2 Å². The minimum atomic E-state index is -0.0843. The summed E-state index contributed by atoms with van der Waals surface area (Å²) in [5.74, 6) is 1.63. The molecule has 0 bridgehead atoms. The van der Waals surface area contributed by atoms with Gasteiger partial charge in [-0.25, -0.2) is 0 Å². The lowest BCUT2D eigenvalue weighted by Crippen LogP contribution is -2.21. The van der Waals surface area contributed by atoms with Gasteiger partial charge in [0.25, 0.3) is 0 Å². The summed E-state index contributed by atoms with van der Waals surface area (Å²) in [7, 11) is 0. The molecule has 0 amide bonds. The summed E-state index contributed by atoms with van der Waals surface area (Å²) in [5, 5.41) is 0. The number of allylic oxidation sites excluding steroid dienone is 1. The van der Waals surface area contributed by atoms with Crippen LogP contribution in [-0.2, 0) is 0 Å². The van der Waals surface area contributed by atoms with E-state index in [4.69, 9.17) is 9.47 Å². The number of hydrogen-bond acceptors (Lipinski definition) is 4. The Morgan fingerprint density at radius 2 is 1.73 bits per heavy atom. The highest BCUT2D eigenvalue weighted by Gasteiger charge is 2.30. The van der Waals surface area contributed by atoms with Crippen LogP contribution in [-0.4, -0.2) is 25.5 Å². The van der Waals surface area contributed by atoms with Gasteiger partial charge in [-0.1, -0.05) is 12.1 Å². The first kappa shape index (κ1) is 18.1. The minimum absolute atomic E-state index is 0.0843. The van der Waals surface area contributed by atoms with Gasteiger partial charge in [-0.15, -0.1) is 0 Å². The van der Waals surface area contributed by atoms with Gasteiger partial charge in [0.1, 0.15) is 11.5 Å². The lowest BCUT2D eigenvalue weighted by Gasteiger charge is -2.20. The molecule has 1 aliphatic rings.